The highest BCUT2D eigenvalue weighted by Gasteiger charge is 2.24. The van der Waals surface area contributed by atoms with Crippen LogP contribution >= 0.6 is 0 Å². The summed E-state index contributed by atoms with van der Waals surface area (Å²) in [5, 5.41) is 6.68. The van der Waals surface area contributed by atoms with Crippen molar-refractivity contribution in [3.8, 4) is 5.75 Å². The van der Waals surface area contributed by atoms with Gasteiger partial charge in [-0.3, -0.25) is 9.59 Å². The highest BCUT2D eigenvalue weighted by molar-refractivity contribution is 6.00. The molecule has 1 aliphatic carbocycles. The van der Waals surface area contributed by atoms with E-state index in [9.17, 15) is 9.59 Å². The van der Waals surface area contributed by atoms with Crippen LogP contribution in [0.1, 0.15) is 30.0 Å². The highest BCUT2D eigenvalue weighted by atomic mass is 16.5. The number of carbonyl (C=O) groups excluding carboxylic acids is 2. The lowest BCUT2D eigenvalue weighted by Gasteiger charge is -2.23. The Labute approximate surface area is 161 Å². The molecule has 1 aromatic heterocycles. The van der Waals surface area contributed by atoms with Crippen molar-refractivity contribution in [2.45, 2.75) is 38.7 Å². The summed E-state index contributed by atoms with van der Waals surface area (Å²) in [6.45, 7) is 1.69. The van der Waals surface area contributed by atoms with Gasteiger partial charge in [0.1, 0.15) is 11.3 Å². The summed E-state index contributed by atoms with van der Waals surface area (Å²) in [5.74, 6) is 0.257. The predicted octanol–water partition coefficient (Wildman–Crippen LogP) is 3.82. The molecule has 142 valence electrons. The maximum absolute atomic E-state index is 12.6. The van der Waals surface area contributed by atoms with E-state index < -0.39 is 6.10 Å². The van der Waals surface area contributed by atoms with Gasteiger partial charge < -0.3 is 19.8 Å². The molecular weight excluding hydrogens is 356 g/mol. The fraction of sp³-hybridized carbons (Fsp3) is 0.273. The molecule has 0 radical (unpaired) electrons. The molecule has 0 saturated carbocycles. The summed E-state index contributed by atoms with van der Waals surface area (Å²) in [5.41, 5.74) is 5.60. The zero-order valence-electron chi connectivity index (χ0n) is 15.5. The van der Waals surface area contributed by atoms with E-state index in [-0.39, 0.29) is 18.2 Å². The van der Waals surface area contributed by atoms with Crippen LogP contribution < -0.4 is 15.4 Å². The molecule has 2 aliphatic rings. The van der Waals surface area contributed by atoms with Gasteiger partial charge in [-0.1, -0.05) is 0 Å². The Hall–Kier alpha value is -3.28. The number of ether oxygens (including phenoxy) is 1. The van der Waals surface area contributed by atoms with Crippen LogP contribution in [-0.2, 0) is 28.9 Å². The lowest BCUT2D eigenvalue weighted by atomic mass is 10.0. The molecule has 2 N–H and O–H groups in total. The lowest BCUT2D eigenvalue weighted by Crippen LogP contribution is -2.34. The van der Waals surface area contributed by atoms with E-state index in [4.69, 9.17) is 9.15 Å². The minimum absolute atomic E-state index is 0.139. The SMILES string of the molecule is C[C@H]1Oc2ccc(NC(=O)Cc3coc4cc5c(cc34)CCC5)cc2NC1=O. The number of hydrogen-bond donors (Lipinski definition) is 2. The van der Waals surface area contributed by atoms with E-state index >= 15 is 0 Å². The van der Waals surface area contributed by atoms with Crippen molar-refractivity contribution in [3.63, 3.8) is 0 Å². The van der Waals surface area contributed by atoms with Gasteiger partial charge >= 0.3 is 0 Å². The third-order valence-electron chi connectivity index (χ3n) is 5.41. The number of amides is 2. The molecule has 3 aromatic rings. The van der Waals surface area contributed by atoms with Crippen LogP contribution in [0.4, 0.5) is 11.4 Å². The number of rotatable bonds is 3. The first-order chi connectivity index (χ1) is 13.6. The molecule has 0 fully saturated rings. The average Bonchev–Trinajstić information content (AvgIpc) is 3.27. The first-order valence-electron chi connectivity index (χ1n) is 9.50. The Morgan fingerprint density at radius 2 is 2.04 bits per heavy atom. The normalized spacial score (nSPS) is 17.6. The number of anilines is 2. The summed E-state index contributed by atoms with van der Waals surface area (Å²) in [6, 6.07) is 9.49. The van der Waals surface area contributed by atoms with Crippen molar-refractivity contribution in [3.05, 3.63) is 53.3 Å². The van der Waals surface area contributed by atoms with Crippen LogP contribution in [-0.4, -0.2) is 17.9 Å². The summed E-state index contributed by atoms with van der Waals surface area (Å²) >= 11 is 0. The zero-order chi connectivity index (χ0) is 19.3. The molecule has 2 aromatic carbocycles. The molecule has 0 unspecified atom stereocenters. The molecule has 1 aliphatic heterocycles. The van der Waals surface area contributed by atoms with Crippen molar-refractivity contribution in [2.24, 2.45) is 0 Å². The number of hydrogen-bond acceptors (Lipinski definition) is 4. The zero-order valence-corrected chi connectivity index (χ0v) is 15.5. The van der Waals surface area contributed by atoms with Gasteiger partial charge in [-0.05, 0) is 67.6 Å². The fourth-order valence-corrected chi connectivity index (χ4v) is 3.95. The first-order valence-corrected chi connectivity index (χ1v) is 9.50. The minimum atomic E-state index is -0.524. The number of nitrogens with one attached hydrogen (secondary N) is 2. The van der Waals surface area contributed by atoms with Gasteiger partial charge in [-0.25, -0.2) is 0 Å². The second-order valence-electron chi connectivity index (χ2n) is 7.42. The van der Waals surface area contributed by atoms with E-state index in [0.717, 1.165) is 29.4 Å². The minimum Gasteiger partial charge on any atom is -0.479 e. The maximum atomic E-state index is 12.6. The van der Waals surface area contributed by atoms with E-state index in [1.54, 1.807) is 31.4 Å². The van der Waals surface area contributed by atoms with Gasteiger partial charge in [-0.2, -0.15) is 0 Å². The van der Waals surface area contributed by atoms with Gasteiger partial charge in [0.05, 0.1) is 18.4 Å². The topological polar surface area (TPSA) is 80.6 Å². The Bertz CT molecular complexity index is 1120. The van der Waals surface area contributed by atoms with Crippen LogP contribution in [0, 0.1) is 0 Å². The molecule has 6 nitrogen and oxygen atoms in total. The highest BCUT2D eigenvalue weighted by Crippen LogP contribution is 2.33. The maximum Gasteiger partial charge on any atom is 0.265 e. The number of aryl methyl sites for hydroxylation is 2. The molecule has 28 heavy (non-hydrogen) atoms. The summed E-state index contributed by atoms with van der Waals surface area (Å²) in [6.07, 6.45) is 4.73. The Morgan fingerprint density at radius 3 is 2.89 bits per heavy atom. The fourth-order valence-electron chi connectivity index (χ4n) is 3.95. The van der Waals surface area contributed by atoms with Gasteiger partial charge in [-0.15, -0.1) is 0 Å². The average molecular weight is 376 g/mol. The first kappa shape index (κ1) is 16.9. The molecule has 6 heteroatoms. The van der Waals surface area contributed by atoms with Crippen molar-refractivity contribution >= 4 is 34.2 Å². The Balaban J connectivity index is 1.34. The molecule has 0 bridgehead atoms. The predicted molar refractivity (Wildman–Crippen MR) is 106 cm³/mol. The molecule has 0 saturated heterocycles. The molecular formula is C22H20N2O4. The standard InChI is InChI=1S/C22H20N2O4/c1-12-22(26)24-18-10-16(5-6-19(18)28-12)23-21(25)9-15-11-27-20-8-14-4-2-3-13(14)7-17(15)20/h5-8,10-12H,2-4,9H2,1H3,(H,23,25)(H,24,26)/t12-/m1/s1. The smallest absolute Gasteiger partial charge is 0.265 e. The molecule has 1 atom stereocenters. The Kier molecular flexibility index (Phi) is 3.86. The largest absolute Gasteiger partial charge is 0.479 e. The van der Waals surface area contributed by atoms with Crippen LogP contribution in [0.2, 0.25) is 0 Å². The molecule has 0 spiro atoms. The molecule has 2 heterocycles. The second kappa shape index (κ2) is 6.41. The van der Waals surface area contributed by atoms with Crippen molar-refractivity contribution in [2.75, 3.05) is 10.6 Å². The van der Waals surface area contributed by atoms with Crippen LogP contribution in [0.15, 0.2) is 41.0 Å². The van der Waals surface area contributed by atoms with Gasteiger partial charge in [0.25, 0.3) is 5.91 Å². The van der Waals surface area contributed by atoms with Gasteiger partial charge in [0, 0.05) is 16.6 Å². The van der Waals surface area contributed by atoms with Crippen LogP contribution in [0.25, 0.3) is 11.0 Å². The quantitative estimate of drug-likeness (QED) is 0.728. The van der Waals surface area contributed by atoms with Crippen LogP contribution in [0.5, 0.6) is 5.75 Å². The van der Waals surface area contributed by atoms with Crippen LogP contribution in [0.3, 0.4) is 0 Å². The third kappa shape index (κ3) is 2.91. The number of furan rings is 1. The van der Waals surface area contributed by atoms with E-state index in [0.29, 0.717) is 17.1 Å². The second-order valence-corrected chi connectivity index (χ2v) is 7.42. The monoisotopic (exact) mass is 376 g/mol. The third-order valence-corrected chi connectivity index (χ3v) is 5.41. The van der Waals surface area contributed by atoms with Crippen molar-refractivity contribution in [1.82, 2.24) is 0 Å². The number of carbonyl (C=O) groups is 2. The van der Waals surface area contributed by atoms with E-state index in [1.165, 1.54) is 17.5 Å². The van der Waals surface area contributed by atoms with E-state index in [1.807, 2.05) is 0 Å². The summed E-state index contributed by atoms with van der Waals surface area (Å²) in [4.78, 5) is 24.3. The number of benzene rings is 2. The Morgan fingerprint density at radius 1 is 1.21 bits per heavy atom. The molecule has 2 amide bonds. The number of fused-ring (bicyclic) bond motifs is 3. The molecule has 5 rings (SSSR count). The van der Waals surface area contributed by atoms with Crippen molar-refractivity contribution in [1.29, 1.82) is 0 Å². The summed E-state index contributed by atoms with van der Waals surface area (Å²) < 4.78 is 11.2. The van der Waals surface area contributed by atoms with Crippen molar-refractivity contribution < 1.29 is 18.7 Å². The van der Waals surface area contributed by atoms with Gasteiger partial charge in [0.2, 0.25) is 5.91 Å². The lowest BCUT2D eigenvalue weighted by molar-refractivity contribution is -0.122. The summed E-state index contributed by atoms with van der Waals surface area (Å²) in [7, 11) is 0. The van der Waals surface area contributed by atoms with Gasteiger partial charge in [0.15, 0.2) is 6.10 Å². The van der Waals surface area contributed by atoms with E-state index in [2.05, 4.69) is 22.8 Å².